The minimum absolute atomic E-state index is 0.0598. The normalized spacial score (nSPS) is 11.1. The number of nitrogens with one attached hydrogen (secondary N) is 2. The third-order valence-electron chi connectivity index (χ3n) is 3.67. The number of hydrogen-bond acceptors (Lipinski definition) is 9. The number of nitrogens with zero attached hydrogens (tertiary/aromatic N) is 3. The van der Waals surface area contributed by atoms with E-state index in [4.69, 9.17) is 27.9 Å². The topological polar surface area (TPSA) is 153 Å². The van der Waals surface area contributed by atoms with Crippen LogP contribution in [-0.2, 0) is 10.0 Å². The van der Waals surface area contributed by atoms with E-state index in [1.165, 1.54) is 31.4 Å². The Morgan fingerprint density at radius 3 is 2.58 bits per heavy atom. The third kappa shape index (κ3) is 5.19. The largest absolute Gasteiger partial charge is 0.495 e. The minimum atomic E-state index is -4.28. The molecule has 1 aromatic heterocycles. The predicted molar refractivity (Wildman–Crippen MR) is 115 cm³/mol. The molecule has 0 aliphatic heterocycles. The molecule has 0 radical (unpaired) electrons. The van der Waals surface area contributed by atoms with Gasteiger partial charge < -0.3 is 4.74 Å². The Bertz CT molecular complexity index is 1280. The van der Waals surface area contributed by atoms with Crippen LogP contribution in [0.4, 0.5) is 16.5 Å². The van der Waals surface area contributed by atoms with E-state index in [0.29, 0.717) is 16.4 Å². The molecule has 2 aromatic carbocycles. The summed E-state index contributed by atoms with van der Waals surface area (Å²) in [5.74, 6) is -0.584. The number of nitro groups is 1. The second-order valence-electron chi connectivity index (χ2n) is 5.70. The lowest BCUT2D eigenvalue weighted by atomic mass is 10.2. The molecule has 2 N–H and O–H groups in total. The molecule has 0 unspecified atom stereocenters. The maximum absolute atomic E-state index is 12.6. The summed E-state index contributed by atoms with van der Waals surface area (Å²) in [7, 11) is -3.01. The van der Waals surface area contributed by atoms with Gasteiger partial charge >= 0.3 is 0 Å². The zero-order chi connectivity index (χ0) is 22.8. The van der Waals surface area contributed by atoms with Gasteiger partial charge in [-0.1, -0.05) is 34.5 Å². The van der Waals surface area contributed by atoms with Crippen molar-refractivity contribution in [2.45, 2.75) is 4.34 Å². The monoisotopic (exact) mass is 503 g/mol. The maximum Gasteiger partial charge on any atom is 0.291 e. The van der Waals surface area contributed by atoms with Crippen molar-refractivity contribution in [3.63, 3.8) is 0 Å². The highest BCUT2D eigenvalue weighted by Crippen LogP contribution is 2.32. The SMILES string of the molecule is COc1ccc([N+](=O)[O-])cc1NS(=O)(=O)c1nnc(NC(=O)c2ccc(Cl)cc2Cl)s1. The van der Waals surface area contributed by atoms with Crippen LogP contribution in [0.2, 0.25) is 10.0 Å². The average Bonchev–Trinajstić information content (AvgIpc) is 3.17. The van der Waals surface area contributed by atoms with Gasteiger partial charge in [-0.15, -0.1) is 10.2 Å². The summed E-state index contributed by atoms with van der Waals surface area (Å²) < 4.78 is 32.0. The lowest BCUT2D eigenvalue weighted by Gasteiger charge is -2.09. The van der Waals surface area contributed by atoms with Gasteiger partial charge in [0.2, 0.25) is 5.13 Å². The van der Waals surface area contributed by atoms with Crippen LogP contribution in [0.25, 0.3) is 0 Å². The Kier molecular flexibility index (Phi) is 6.59. The number of nitro benzene ring substituents is 1. The Morgan fingerprint density at radius 2 is 1.94 bits per heavy atom. The summed E-state index contributed by atoms with van der Waals surface area (Å²) in [5, 5.41) is 20.9. The minimum Gasteiger partial charge on any atom is -0.495 e. The summed E-state index contributed by atoms with van der Waals surface area (Å²) in [6.07, 6.45) is 0. The molecule has 0 saturated heterocycles. The molecule has 0 fully saturated rings. The summed E-state index contributed by atoms with van der Waals surface area (Å²) in [6.45, 7) is 0. The van der Waals surface area contributed by atoms with Gasteiger partial charge in [0, 0.05) is 17.2 Å². The van der Waals surface area contributed by atoms with Gasteiger partial charge in [0.25, 0.3) is 26.0 Å². The molecule has 3 rings (SSSR count). The molecule has 0 aliphatic carbocycles. The average molecular weight is 504 g/mol. The summed E-state index contributed by atoms with van der Waals surface area (Å²) in [5.41, 5.74) is -0.404. The number of hydrogen-bond donors (Lipinski definition) is 2. The number of sulfonamides is 1. The van der Waals surface area contributed by atoms with Gasteiger partial charge in [-0.3, -0.25) is 24.9 Å². The molecule has 1 amide bonds. The number of amides is 1. The van der Waals surface area contributed by atoms with Crippen molar-refractivity contribution >= 4 is 67.0 Å². The van der Waals surface area contributed by atoms with Crippen LogP contribution in [0.1, 0.15) is 10.4 Å². The summed E-state index contributed by atoms with van der Waals surface area (Å²) in [6, 6.07) is 7.66. The van der Waals surface area contributed by atoms with Crippen LogP contribution in [0.15, 0.2) is 40.7 Å². The van der Waals surface area contributed by atoms with Crippen LogP contribution in [0.5, 0.6) is 5.75 Å². The predicted octanol–water partition coefficient (Wildman–Crippen LogP) is 3.81. The van der Waals surface area contributed by atoms with E-state index in [9.17, 15) is 23.3 Å². The first-order valence-electron chi connectivity index (χ1n) is 8.06. The molecule has 11 nitrogen and oxygen atoms in total. The van der Waals surface area contributed by atoms with E-state index in [0.717, 1.165) is 12.1 Å². The first-order valence-corrected chi connectivity index (χ1v) is 11.1. The van der Waals surface area contributed by atoms with E-state index >= 15 is 0 Å². The van der Waals surface area contributed by atoms with Gasteiger partial charge in [0.1, 0.15) is 5.75 Å². The van der Waals surface area contributed by atoms with Crippen molar-refractivity contribution in [1.29, 1.82) is 0 Å². The third-order valence-corrected chi connectivity index (χ3v) is 6.79. The fourth-order valence-corrected chi connectivity index (χ4v) is 4.74. The van der Waals surface area contributed by atoms with E-state index in [-0.39, 0.29) is 32.8 Å². The maximum atomic E-state index is 12.6. The fourth-order valence-electron chi connectivity index (χ4n) is 2.28. The number of methoxy groups -OCH3 is 1. The zero-order valence-corrected chi connectivity index (χ0v) is 18.5. The van der Waals surface area contributed by atoms with Crippen LogP contribution in [-0.4, -0.2) is 36.6 Å². The fraction of sp³-hybridized carbons (Fsp3) is 0.0625. The standard InChI is InChI=1S/C16H11Cl2N5O6S2/c1-29-13-5-3-9(23(25)26)7-12(13)22-31(27,28)16-21-20-15(30-16)19-14(24)10-4-2-8(17)6-11(10)18/h2-7,22H,1H3,(H,19,20,24). The van der Waals surface area contributed by atoms with E-state index < -0.39 is 25.2 Å². The van der Waals surface area contributed by atoms with Crippen molar-refractivity contribution < 1.29 is 22.9 Å². The number of benzene rings is 2. The first-order chi connectivity index (χ1) is 14.6. The molecule has 0 atom stereocenters. The van der Waals surface area contributed by atoms with Crippen molar-refractivity contribution in [2.75, 3.05) is 17.1 Å². The molecule has 0 saturated carbocycles. The first kappa shape index (κ1) is 22.7. The van der Waals surface area contributed by atoms with Gasteiger partial charge in [0.05, 0.1) is 28.3 Å². The Morgan fingerprint density at radius 1 is 1.19 bits per heavy atom. The number of carbonyl (C=O) groups excluding carboxylic acids is 1. The number of aromatic nitrogens is 2. The number of rotatable bonds is 7. The summed E-state index contributed by atoms with van der Waals surface area (Å²) >= 11 is 12.3. The van der Waals surface area contributed by atoms with Gasteiger partial charge in [0.15, 0.2) is 0 Å². The number of halogens is 2. The van der Waals surface area contributed by atoms with E-state index in [2.05, 4.69) is 20.2 Å². The van der Waals surface area contributed by atoms with Gasteiger partial charge in [-0.25, -0.2) is 0 Å². The number of anilines is 2. The zero-order valence-electron chi connectivity index (χ0n) is 15.3. The van der Waals surface area contributed by atoms with Crippen molar-refractivity contribution in [3.05, 3.63) is 62.1 Å². The van der Waals surface area contributed by atoms with Crippen LogP contribution >= 0.6 is 34.5 Å². The molecule has 162 valence electrons. The van der Waals surface area contributed by atoms with Crippen molar-refractivity contribution in [1.82, 2.24) is 10.2 Å². The van der Waals surface area contributed by atoms with Crippen molar-refractivity contribution in [3.8, 4) is 5.75 Å². The molecule has 0 bridgehead atoms. The smallest absolute Gasteiger partial charge is 0.291 e. The second-order valence-corrected chi connectivity index (χ2v) is 9.38. The molecule has 1 heterocycles. The highest BCUT2D eigenvalue weighted by molar-refractivity contribution is 7.94. The number of ether oxygens (including phenoxy) is 1. The van der Waals surface area contributed by atoms with E-state index in [1.807, 2.05) is 0 Å². The Labute approximate surface area is 189 Å². The Balaban J connectivity index is 1.82. The highest BCUT2D eigenvalue weighted by Gasteiger charge is 2.24. The second kappa shape index (κ2) is 9.01. The molecule has 0 aliphatic rings. The lowest BCUT2D eigenvalue weighted by molar-refractivity contribution is -0.384. The molecule has 31 heavy (non-hydrogen) atoms. The van der Waals surface area contributed by atoms with Gasteiger partial charge in [-0.05, 0) is 24.3 Å². The number of carbonyl (C=O) groups is 1. The quantitative estimate of drug-likeness (QED) is 0.280. The highest BCUT2D eigenvalue weighted by atomic mass is 35.5. The summed E-state index contributed by atoms with van der Waals surface area (Å²) in [4.78, 5) is 22.6. The van der Waals surface area contributed by atoms with Crippen LogP contribution in [0.3, 0.4) is 0 Å². The Hall–Kier alpha value is -3.00. The van der Waals surface area contributed by atoms with E-state index in [1.54, 1.807) is 0 Å². The van der Waals surface area contributed by atoms with Crippen molar-refractivity contribution in [2.24, 2.45) is 0 Å². The number of non-ortho nitro benzene ring substituents is 1. The molecule has 3 aromatic rings. The lowest BCUT2D eigenvalue weighted by Crippen LogP contribution is -2.13. The van der Waals surface area contributed by atoms with Crippen LogP contribution < -0.4 is 14.8 Å². The molecule has 15 heteroatoms. The van der Waals surface area contributed by atoms with Crippen LogP contribution in [0, 0.1) is 10.1 Å². The molecular weight excluding hydrogens is 493 g/mol. The molecular formula is C16H11Cl2N5O6S2. The molecule has 0 spiro atoms. The van der Waals surface area contributed by atoms with Gasteiger partial charge in [-0.2, -0.15) is 8.42 Å².